The van der Waals surface area contributed by atoms with E-state index in [2.05, 4.69) is 17.2 Å². The first-order valence-corrected chi connectivity index (χ1v) is 9.68. The number of rotatable bonds is 4. The van der Waals surface area contributed by atoms with Gasteiger partial charge in [-0.3, -0.25) is 10.1 Å². The second kappa shape index (κ2) is 7.03. The standard InChI is InChI=1S/C17H20N2O3S2/c1-4-22-16(21)14-10(3)18-17(24-14)19-15(20)13-8-11-7-9(2)5-6-12(11)23-13/h8-9H,4-7H2,1-3H3,(H,18,19,20)/t9-/m1/s1. The lowest BCUT2D eigenvalue weighted by Gasteiger charge is -2.16. The first-order chi connectivity index (χ1) is 11.5. The van der Waals surface area contributed by atoms with Gasteiger partial charge in [-0.2, -0.15) is 0 Å². The number of nitrogens with zero attached hydrogens (tertiary/aromatic N) is 1. The Morgan fingerprint density at radius 1 is 1.42 bits per heavy atom. The van der Waals surface area contributed by atoms with E-state index in [4.69, 9.17) is 4.74 Å². The number of aryl methyl sites for hydroxylation is 2. The summed E-state index contributed by atoms with van der Waals surface area (Å²) in [6.45, 7) is 6.06. The van der Waals surface area contributed by atoms with Crippen LogP contribution in [0.3, 0.4) is 0 Å². The molecule has 0 bridgehead atoms. The minimum Gasteiger partial charge on any atom is -0.462 e. The van der Waals surface area contributed by atoms with Crippen LogP contribution < -0.4 is 5.32 Å². The number of aromatic nitrogens is 1. The lowest BCUT2D eigenvalue weighted by Crippen LogP contribution is -2.10. The van der Waals surface area contributed by atoms with Gasteiger partial charge in [0.1, 0.15) is 4.88 Å². The predicted molar refractivity (Wildman–Crippen MR) is 96.3 cm³/mol. The molecule has 128 valence electrons. The maximum atomic E-state index is 12.5. The Hall–Kier alpha value is -1.73. The van der Waals surface area contributed by atoms with E-state index in [1.54, 1.807) is 25.2 Å². The Kier molecular flexibility index (Phi) is 5.01. The molecular formula is C17H20N2O3S2. The molecule has 0 fully saturated rings. The van der Waals surface area contributed by atoms with E-state index in [9.17, 15) is 9.59 Å². The van der Waals surface area contributed by atoms with Gasteiger partial charge in [0.15, 0.2) is 5.13 Å². The molecule has 0 aliphatic heterocycles. The molecule has 1 aliphatic carbocycles. The highest BCUT2D eigenvalue weighted by atomic mass is 32.1. The van der Waals surface area contributed by atoms with Gasteiger partial charge in [-0.25, -0.2) is 9.78 Å². The number of carbonyl (C=O) groups excluding carboxylic acids is 2. The molecule has 2 aromatic heterocycles. The first-order valence-electron chi connectivity index (χ1n) is 8.05. The van der Waals surface area contributed by atoms with E-state index in [-0.39, 0.29) is 5.91 Å². The molecule has 0 saturated heterocycles. The minimum atomic E-state index is -0.395. The van der Waals surface area contributed by atoms with Crippen LogP contribution in [0, 0.1) is 12.8 Å². The van der Waals surface area contributed by atoms with Crippen molar-refractivity contribution in [3.8, 4) is 0 Å². The lowest BCUT2D eigenvalue weighted by molar-refractivity contribution is 0.0531. The number of nitrogens with one attached hydrogen (secondary N) is 1. The van der Waals surface area contributed by atoms with Gasteiger partial charge in [-0.15, -0.1) is 11.3 Å². The molecule has 0 unspecified atom stereocenters. The molecule has 1 N–H and O–H groups in total. The summed E-state index contributed by atoms with van der Waals surface area (Å²) in [6, 6.07) is 2.00. The van der Waals surface area contributed by atoms with Crippen LogP contribution in [0.2, 0.25) is 0 Å². The number of amides is 1. The second-order valence-corrected chi connectivity index (χ2v) is 8.15. The fourth-order valence-corrected chi connectivity index (χ4v) is 4.77. The van der Waals surface area contributed by atoms with Crippen molar-refractivity contribution in [2.75, 3.05) is 11.9 Å². The number of thiophene rings is 1. The van der Waals surface area contributed by atoms with Crippen LogP contribution in [-0.2, 0) is 17.6 Å². The van der Waals surface area contributed by atoms with Gasteiger partial charge >= 0.3 is 5.97 Å². The first kappa shape index (κ1) is 17.1. The van der Waals surface area contributed by atoms with E-state index in [1.165, 1.54) is 16.9 Å². The predicted octanol–water partition coefficient (Wildman–Crippen LogP) is 4.07. The topological polar surface area (TPSA) is 68.3 Å². The maximum absolute atomic E-state index is 12.5. The molecule has 1 aliphatic rings. The van der Waals surface area contributed by atoms with Crippen molar-refractivity contribution in [1.29, 1.82) is 0 Å². The van der Waals surface area contributed by atoms with E-state index >= 15 is 0 Å². The summed E-state index contributed by atoms with van der Waals surface area (Å²) in [6.07, 6.45) is 3.28. The number of esters is 1. The molecule has 7 heteroatoms. The van der Waals surface area contributed by atoms with Gasteiger partial charge in [0.2, 0.25) is 0 Å². The fourth-order valence-electron chi connectivity index (χ4n) is 2.81. The Morgan fingerprint density at radius 2 is 2.21 bits per heavy atom. The van der Waals surface area contributed by atoms with Crippen molar-refractivity contribution in [2.24, 2.45) is 5.92 Å². The monoisotopic (exact) mass is 364 g/mol. The van der Waals surface area contributed by atoms with Crippen molar-refractivity contribution < 1.29 is 14.3 Å². The fraction of sp³-hybridized carbons (Fsp3) is 0.471. The Bertz CT molecular complexity index is 779. The molecule has 0 aromatic carbocycles. The van der Waals surface area contributed by atoms with E-state index in [1.807, 2.05) is 6.07 Å². The number of carbonyl (C=O) groups is 2. The quantitative estimate of drug-likeness (QED) is 0.831. The van der Waals surface area contributed by atoms with Crippen molar-refractivity contribution >= 4 is 39.7 Å². The van der Waals surface area contributed by atoms with Crippen molar-refractivity contribution in [2.45, 2.75) is 40.0 Å². The van der Waals surface area contributed by atoms with Crippen LogP contribution in [0.1, 0.15) is 55.7 Å². The van der Waals surface area contributed by atoms with Gasteiger partial charge in [0.25, 0.3) is 5.91 Å². The van der Waals surface area contributed by atoms with E-state index in [0.29, 0.717) is 33.1 Å². The summed E-state index contributed by atoms with van der Waals surface area (Å²) in [5.74, 6) is 0.122. The molecule has 0 saturated carbocycles. The number of thiazole rings is 1. The van der Waals surface area contributed by atoms with Crippen LogP contribution in [0.5, 0.6) is 0 Å². The van der Waals surface area contributed by atoms with Gasteiger partial charge in [0.05, 0.1) is 17.2 Å². The zero-order chi connectivity index (χ0) is 17.3. The molecule has 2 heterocycles. The Balaban J connectivity index is 1.74. The van der Waals surface area contributed by atoms with Crippen LogP contribution in [-0.4, -0.2) is 23.5 Å². The number of ether oxygens (including phenoxy) is 1. The Morgan fingerprint density at radius 3 is 2.96 bits per heavy atom. The molecule has 2 aromatic rings. The molecular weight excluding hydrogens is 344 g/mol. The highest BCUT2D eigenvalue weighted by molar-refractivity contribution is 7.18. The normalized spacial score (nSPS) is 16.5. The number of hydrogen-bond donors (Lipinski definition) is 1. The van der Waals surface area contributed by atoms with E-state index in [0.717, 1.165) is 24.2 Å². The molecule has 0 spiro atoms. The van der Waals surface area contributed by atoms with Gasteiger partial charge in [0, 0.05) is 4.88 Å². The molecule has 1 atom stereocenters. The highest BCUT2D eigenvalue weighted by Crippen LogP contribution is 2.33. The lowest BCUT2D eigenvalue weighted by atomic mass is 9.90. The smallest absolute Gasteiger partial charge is 0.350 e. The summed E-state index contributed by atoms with van der Waals surface area (Å²) >= 11 is 2.72. The zero-order valence-electron chi connectivity index (χ0n) is 14.0. The largest absolute Gasteiger partial charge is 0.462 e. The molecule has 5 nitrogen and oxygen atoms in total. The van der Waals surface area contributed by atoms with Crippen LogP contribution in [0.25, 0.3) is 0 Å². The van der Waals surface area contributed by atoms with Crippen LogP contribution >= 0.6 is 22.7 Å². The molecule has 1 amide bonds. The van der Waals surface area contributed by atoms with Crippen LogP contribution in [0.15, 0.2) is 6.07 Å². The third kappa shape index (κ3) is 3.52. The average Bonchev–Trinajstić information content (AvgIpc) is 3.10. The van der Waals surface area contributed by atoms with Crippen molar-refractivity contribution in [3.05, 3.63) is 32.0 Å². The Labute approximate surface area is 149 Å². The highest BCUT2D eigenvalue weighted by Gasteiger charge is 2.22. The van der Waals surface area contributed by atoms with Crippen LogP contribution in [0.4, 0.5) is 5.13 Å². The number of anilines is 1. The molecule has 24 heavy (non-hydrogen) atoms. The van der Waals surface area contributed by atoms with Crippen molar-refractivity contribution in [1.82, 2.24) is 4.98 Å². The maximum Gasteiger partial charge on any atom is 0.350 e. The zero-order valence-corrected chi connectivity index (χ0v) is 15.6. The third-order valence-corrected chi connectivity index (χ3v) is 6.32. The minimum absolute atomic E-state index is 0.161. The summed E-state index contributed by atoms with van der Waals surface area (Å²) in [5.41, 5.74) is 1.87. The molecule has 0 radical (unpaired) electrons. The summed E-state index contributed by atoms with van der Waals surface area (Å²) in [7, 11) is 0. The van der Waals surface area contributed by atoms with Crippen molar-refractivity contribution in [3.63, 3.8) is 0 Å². The summed E-state index contributed by atoms with van der Waals surface area (Å²) in [5, 5.41) is 3.24. The second-order valence-electron chi connectivity index (χ2n) is 6.02. The number of fused-ring (bicyclic) bond motifs is 1. The summed E-state index contributed by atoms with van der Waals surface area (Å²) in [4.78, 5) is 31.0. The third-order valence-electron chi connectivity index (χ3n) is 4.03. The molecule has 3 rings (SSSR count). The number of hydrogen-bond acceptors (Lipinski definition) is 6. The summed E-state index contributed by atoms with van der Waals surface area (Å²) < 4.78 is 5.00. The van der Waals surface area contributed by atoms with Gasteiger partial charge in [-0.05, 0) is 50.7 Å². The van der Waals surface area contributed by atoms with E-state index < -0.39 is 5.97 Å². The van der Waals surface area contributed by atoms with Gasteiger partial charge in [-0.1, -0.05) is 18.3 Å². The SMILES string of the molecule is CCOC(=O)c1sc(NC(=O)c2cc3c(s2)CC[C@@H](C)C3)nc1C. The average molecular weight is 364 g/mol. The van der Waals surface area contributed by atoms with Gasteiger partial charge < -0.3 is 4.74 Å².